The molecule has 5 heterocycles. The lowest BCUT2D eigenvalue weighted by Crippen LogP contribution is -2.70. The van der Waals surface area contributed by atoms with Gasteiger partial charge in [0.25, 0.3) is 0 Å². The van der Waals surface area contributed by atoms with Gasteiger partial charge in [0.2, 0.25) is 5.88 Å². The monoisotopic (exact) mass is 600 g/mol. The number of likely N-dealkylation sites (tertiary alicyclic amines) is 1. The second-order valence-corrected chi connectivity index (χ2v) is 13.2. The van der Waals surface area contributed by atoms with Crippen molar-refractivity contribution in [3.63, 3.8) is 0 Å². The highest BCUT2D eigenvalue weighted by molar-refractivity contribution is 5.69. The van der Waals surface area contributed by atoms with Crippen LogP contribution in [0.1, 0.15) is 60.1 Å². The maximum absolute atomic E-state index is 14.6. The van der Waals surface area contributed by atoms with Crippen molar-refractivity contribution in [2.45, 2.75) is 61.9 Å². The molecule has 0 amide bonds. The second kappa shape index (κ2) is 10.4. The Hall–Kier alpha value is -3.79. The smallest absolute Gasteiger partial charge is 0.219 e. The molecule has 0 bridgehead atoms. The van der Waals surface area contributed by atoms with E-state index < -0.39 is 11.2 Å². The minimum Gasteiger partial charge on any atom is -0.476 e. The zero-order valence-corrected chi connectivity index (χ0v) is 25.0. The van der Waals surface area contributed by atoms with E-state index in [9.17, 15) is 9.65 Å². The average molecular weight is 601 g/mol. The Labute approximate surface area is 255 Å². The summed E-state index contributed by atoms with van der Waals surface area (Å²) in [5.74, 6) is 1.95. The van der Waals surface area contributed by atoms with Gasteiger partial charge in [0.1, 0.15) is 24.3 Å². The summed E-state index contributed by atoms with van der Waals surface area (Å²) in [7, 11) is 2.14. The Morgan fingerprint density at radius 1 is 1.20 bits per heavy atom. The Morgan fingerprint density at radius 3 is 2.86 bits per heavy atom. The van der Waals surface area contributed by atoms with Gasteiger partial charge in [-0.05, 0) is 75.7 Å². The van der Waals surface area contributed by atoms with Crippen molar-refractivity contribution >= 4 is 11.5 Å². The number of ether oxygens (including phenoxy) is 2. The summed E-state index contributed by atoms with van der Waals surface area (Å²) in [6, 6.07) is 5.96. The first-order valence-electron chi connectivity index (χ1n) is 15.7. The van der Waals surface area contributed by atoms with Crippen molar-refractivity contribution in [2.24, 2.45) is 0 Å². The zero-order chi connectivity index (χ0) is 30.1. The van der Waals surface area contributed by atoms with Crippen LogP contribution in [-0.4, -0.2) is 84.7 Å². The van der Waals surface area contributed by atoms with Crippen LogP contribution in [0.2, 0.25) is 0 Å². The number of likely N-dealkylation sites (N-methyl/N-ethyl adjacent to an activating group) is 1. The standard InChI is InChI=1S/C32H37FN8O3/c1-40-10-3-4-20(40)15-43-25-13-24(41-11-9-36-31(16-41)17-42-18-31)37-30(38-25)28-21-5-2-7-32(29(21)44-39-28)8-6-19-12-23(33)27(35)22(14-34)26(19)32/h12-13,20,36H,2-11,15-18,35H2,1H3. The van der Waals surface area contributed by atoms with Gasteiger partial charge in [0, 0.05) is 37.3 Å². The van der Waals surface area contributed by atoms with Gasteiger partial charge >= 0.3 is 0 Å². The van der Waals surface area contributed by atoms with E-state index in [2.05, 4.69) is 33.4 Å². The van der Waals surface area contributed by atoms with Gasteiger partial charge in [-0.25, -0.2) is 9.37 Å². The Kier molecular flexibility index (Phi) is 6.55. The number of anilines is 2. The summed E-state index contributed by atoms with van der Waals surface area (Å²) in [5, 5.41) is 18.2. The number of rotatable bonds is 5. The van der Waals surface area contributed by atoms with Crippen LogP contribution >= 0.6 is 0 Å². The van der Waals surface area contributed by atoms with Crippen molar-refractivity contribution in [1.29, 1.82) is 5.26 Å². The van der Waals surface area contributed by atoms with Crippen LogP contribution in [0.4, 0.5) is 15.9 Å². The Morgan fingerprint density at radius 2 is 2.09 bits per heavy atom. The molecule has 11 nitrogen and oxygen atoms in total. The fraction of sp³-hybridized carbons (Fsp3) is 0.562. The molecule has 0 saturated carbocycles. The quantitative estimate of drug-likeness (QED) is 0.418. The van der Waals surface area contributed by atoms with Gasteiger partial charge in [0.15, 0.2) is 17.3 Å². The van der Waals surface area contributed by atoms with Crippen molar-refractivity contribution < 1.29 is 18.4 Å². The molecular weight excluding hydrogens is 563 g/mol. The van der Waals surface area contributed by atoms with Crippen molar-refractivity contribution in [2.75, 3.05) is 63.7 Å². The Balaban J connectivity index is 1.20. The molecule has 2 unspecified atom stereocenters. The van der Waals surface area contributed by atoms with E-state index in [1.165, 1.54) is 6.07 Å². The zero-order valence-electron chi connectivity index (χ0n) is 25.0. The predicted molar refractivity (Wildman–Crippen MR) is 160 cm³/mol. The summed E-state index contributed by atoms with van der Waals surface area (Å²) in [5.41, 5.74) is 8.70. The molecule has 1 aromatic carbocycles. The molecule has 5 aliphatic rings. The molecule has 3 aliphatic heterocycles. The normalized spacial score (nSPS) is 25.6. The number of nitrogens with zero attached hydrogens (tertiary/aromatic N) is 6. The highest BCUT2D eigenvalue weighted by Gasteiger charge is 2.50. The van der Waals surface area contributed by atoms with Gasteiger partial charge in [-0.3, -0.25) is 0 Å². The van der Waals surface area contributed by atoms with Crippen molar-refractivity contribution in [3.8, 4) is 23.5 Å². The van der Waals surface area contributed by atoms with Gasteiger partial charge in [-0.2, -0.15) is 10.2 Å². The summed E-state index contributed by atoms with van der Waals surface area (Å²) >= 11 is 0. The van der Waals surface area contributed by atoms with E-state index in [-0.39, 0.29) is 16.8 Å². The lowest BCUT2D eigenvalue weighted by atomic mass is 9.68. The van der Waals surface area contributed by atoms with Crippen LogP contribution in [-0.2, 0) is 23.0 Å². The lowest BCUT2D eigenvalue weighted by Gasteiger charge is -2.49. The molecule has 2 atom stereocenters. The SMILES string of the molecule is CN1CCCC1COc1cc(N2CCNC3(COC3)C2)nc(-c2noc3c2CCCC32CCc3cc(F)c(N)c(C#N)c32)n1. The molecule has 230 valence electrons. The van der Waals surface area contributed by atoms with Crippen LogP contribution in [0.15, 0.2) is 16.7 Å². The summed E-state index contributed by atoms with van der Waals surface area (Å²) in [6.45, 7) is 5.39. The topological polar surface area (TPSA) is 139 Å². The fourth-order valence-corrected chi connectivity index (χ4v) is 8.12. The fourth-order valence-electron chi connectivity index (χ4n) is 8.12. The number of aromatic nitrogens is 3. The molecule has 3 fully saturated rings. The Bertz CT molecular complexity index is 1670. The molecule has 3 aromatic rings. The number of hydrogen-bond donors (Lipinski definition) is 2. The van der Waals surface area contributed by atoms with Gasteiger partial charge in [0.05, 0.1) is 35.4 Å². The van der Waals surface area contributed by atoms with Gasteiger partial charge in [-0.1, -0.05) is 5.16 Å². The predicted octanol–water partition coefficient (Wildman–Crippen LogP) is 2.94. The van der Waals surface area contributed by atoms with Gasteiger partial charge in [-0.15, -0.1) is 0 Å². The van der Waals surface area contributed by atoms with E-state index in [0.717, 1.165) is 86.6 Å². The third-order valence-electron chi connectivity index (χ3n) is 10.5. The highest BCUT2D eigenvalue weighted by atomic mass is 19.1. The van der Waals surface area contributed by atoms with E-state index in [1.54, 1.807) is 0 Å². The minimum atomic E-state index is -0.583. The number of benzene rings is 1. The molecule has 12 heteroatoms. The second-order valence-electron chi connectivity index (χ2n) is 13.2. The van der Waals surface area contributed by atoms with Crippen LogP contribution in [0.5, 0.6) is 5.88 Å². The number of nitriles is 1. The van der Waals surface area contributed by atoms with Crippen molar-refractivity contribution in [3.05, 3.63) is 46.0 Å². The van der Waals surface area contributed by atoms with E-state index in [1.807, 2.05) is 6.07 Å². The number of nitrogen functional groups attached to an aromatic ring is 1. The van der Waals surface area contributed by atoms with Crippen molar-refractivity contribution in [1.82, 2.24) is 25.3 Å². The molecule has 0 radical (unpaired) electrons. The largest absolute Gasteiger partial charge is 0.476 e. The van der Waals surface area contributed by atoms with E-state index in [4.69, 9.17) is 29.7 Å². The number of hydrogen-bond acceptors (Lipinski definition) is 11. The third-order valence-corrected chi connectivity index (χ3v) is 10.5. The van der Waals surface area contributed by atoms with Crippen LogP contribution in [0.3, 0.4) is 0 Å². The van der Waals surface area contributed by atoms with Crippen LogP contribution in [0.25, 0.3) is 11.5 Å². The first kappa shape index (κ1) is 27.7. The number of halogens is 1. The number of aryl methyl sites for hydroxylation is 1. The highest BCUT2D eigenvalue weighted by Crippen LogP contribution is 2.54. The van der Waals surface area contributed by atoms with Crippen LogP contribution < -0.4 is 20.7 Å². The molecule has 44 heavy (non-hydrogen) atoms. The van der Waals surface area contributed by atoms with E-state index in [0.29, 0.717) is 56.1 Å². The first-order valence-corrected chi connectivity index (χ1v) is 15.7. The maximum atomic E-state index is 14.6. The summed E-state index contributed by atoms with van der Waals surface area (Å²) in [6.07, 6.45) is 5.99. The van der Waals surface area contributed by atoms with Gasteiger partial charge < -0.3 is 34.8 Å². The average Bonchev–Trinajstić information content (AvgIpc) is 3.74. The minimum absolute atomic E-state index is 0.0635. The molecule has 3 saturated heterocycles. The first-order chi connectivity index (χ1) is 21.4. The summed E-state index contributed by atoms with van der Waals surface area (Å²) in [4.78, 5) is 14.6. The lowest BCUT2D eigenvalue weighted by molar-refractivity contribution is -0.0743. The van der Waals surface area contributed by atoms with E-state index >= 15 is 0 Å². The molecule has 2 aromatic heterocycles. The molecule has 2 spiro atoms. The molecular formula is C32H37FN8O3. The maximum Gasteiger partial charge on any atom is 0.219 e. The number of nitrogens with two attached hydrogens (primary N) is 1. The number of fused-ring (bicyclic) bond motifs is 4. The third kappa shape index (κ3) is 4.28. The molecule has 8 rings (SSSR count). The molecule has 3 N–H and O–H groups in total. The number of piperazine rings is 1. The number of nitrogens with one attached hydrogen (secondary N) is 1. The van der Waals surface area contributed by atoms with Crippen LogP contribution in [0, 0.1) is 17.1 Å². The molecule has 2 aliphatic carbocycles. The summed E-state index contributed by atoms with van der Waals surface area (Å²) < 4.78 is 32.7.